The fourth-order valence-corrected chi connectivity index (χ4v) is 9.64. The molecule has 324 valence electrons. The summed E-state index contributed by atoms with van der Waals surface area (Å²) in [4.78, 5) is 85.8. The van der Waals surface area contributed by atoms with Crippen LogP contribution in [-0.4, -0.2) is 119 Å². The number of aryl methyl sites for hydroxylation is 2. The number of esters is 1. The number of oxazole rings is 1. The van der Waals surface area contributed by atoms with E-state index >= 15 is 0 Å². The van der Waals surface area contributed by atoms with Gasteiger partial charge in [-0.05, 0) is 98.9 Å². The summed E-state index contributed by atoms with van der Waals surface area (Å²) in [6.07, 6.45) is 7.41. The predicted molar refractivity (Wildman–Crippen MR) is 224 cm³/mol. The Bertz CT molecular complexity index is 2090. The van der Waals surface area contributed by atoms with Crippen molar-refractivity contribution >= 4 is 46.7 Å². The first-order valence-corrected chi connectivity index (χ1v) is 22.0. The molecule has 0 unspecified atom stereocenters. The minimum Gasteiger partial charge on any atom is -0.459 e. The van der Waals surface area contributed by atoms with Crippen molar-refractivity contribution in [3.05, 3.63) is 63.6 Å². The molecule has 3 saturated heterocycles. The molecule has 7 rings (SSSR count). The van der Waals surface area contributed by atoms with Gasteiger partial charge in [0.1, 0.15) is 0 Å². The molecule has 3 aromatic rings. The van der Waals surface area contributed by atoms with Gasteiger partial charge in [-0.1, -0.05) is 50.5 Å². The topological polar surface area (TPSA) is 164 Å². The highest BCUT2D eigenvalue weighted by Gasteiger charge is 2.38. The standard InChI is InChI=1S/C45H60N6O9/c1-4-5-6-9-26-58-42(54)41(53)49-21-14-33(15-22-49)32-12-19-48(20-13-32)40(52)38(29-31-27-30(2)39-37(28-31)59-44(56)47(39)3)60-45(57)50-23-17-35(18-24-50)51-25-16-34-10-7-8-11-36(34)46-43(51)55/h7-8,10-11,27-28,32-33,35,38H,4-6,9,12-26,29H2,1-3H3,(H,46,55)/t38-/m1/s1. The molecule has 15 heteroatoms. The van der Waals surface area contributed by atoms with Crippen LogP contribution in [0.2, 0.25) is 0 Å². The van der Waals surface area contributed by atoms with Gasteiger partial charge in [-0.3, -0.25) is 14.2 Å². The van der Waals surface area contributed by atoms with Crippen molar-refractivity contribution in [1.82, 2.24) is 24.2 Å². The number of rotatable bonds is 11. The van der Waals surface area contributed by atoms with Gasteiger partial charge in [0, 0.05) is 71.0 Å². The summed E-state index contributed by atoms with van der Waals surface area (Å²) in [5.41, 5.74) is 4.53. The number of carbonyl (C=O) groups is 5. The molecule has 0 aliphatic carbocycles. The minimum absolute atomic E-state index is 0.0355. The number of urea groups is 1. The first-order chi connectivity index (χ1) is 29.0. The lowest BCUT2D eigenvalue weighted by Crippen LogP contribution is -2.52. The number of ether oxygens (including phenoxy) is 2. The highest BCUT2D eigenvalue weighted by molar-refractivity contribution is 6.32. The summed E-state index contributed by atoms with van der Waals surface area (Å²) in [5.74, 6) is -1.34. The van der Waals surface area contributed by atoms with Crippen LogP contribution in [0.25, 0.3) is 11.1 Å². The Labute approximate surface area is 351 Å². The molecule has 1 N–H and O–H groups in total. The smallest absolute Gasteiger partial charge is 0.419 e. The van der Waals surface area contributed by atoms with E-state index in [1.165, 1.54) is 4.57 Å². The first-order valence-electron chi connectivity index (χ1n) is 22.0. The number of aromatic nitrogens is 1. The van der Waals surface area contributed by atoms with E-state index in [0.29, 0.717) is 87.2 Å². The number of carbonyl (C=O) groups excluding carboxylic acids is 5. The molecule has 1 atom stereocenters. The molecule has 2 aromatic carbocycles. The van der Waals surface area contributed by atoms with Crippen molar-refractivity contribution in [2.45, 2.75) is 103 Å². The highest BCUT2D eigenvalue weighted by atomic mass is 16.6. The monoisotopic (exact) mass is 828 g/mol. The Kier molecular flexibility index (Phi) is 13.8. The zero-order valence-electron chi connectivity index (χ0n) is 35.3. The molecule has 0 saturated carbocycles. The Morgan fingerprint density at radius 1 is 0.833 bits per heavy atom. The van der Waals surface area contributed by atoms with Crippen molar-refractivity contribution in [1.29, 1.82) is 0 Å². The van der Waals surface area contributed by atoms with Gasteiger partial charge in [0.05, 0.1) is 12.1 Å². The van der Waals surface area contributed by atoms with Gasteiger partial charge in [0.2, 0.25) is 0 Å². The Morgan fingerprint density at radius 3 is 2.20 bits per heavy atom. The van der Waals surface area contributed by atoms with Crippen molar-refractivity contribution < 1.29 is 37.9 Å². The third-order valence-electron chi connectivity index (χ3n) is 13.1. The maximum absolute atomic E-state index is 14.4. The fourth-order valence-electron chi connectivity index (χ4n) is 9.64. The lowest BCUT2D eigenvalue weighted by Gasteiger charge is -2.41. The number of hydrogen-bond donors (Lipinski definition) is 1. The number of benzene rings is 2. The fraction of sp³-hybridized carbons (Fsp3) is 0.600. The number of unbranched alkanes of at least 4 members (excludes halogenated alkanes) is 3. The molecule has 3 fully saturated rings. The van der Waals surface area contributed by atoms with E-state index in [0.717, 1.165) is 74.6 Å². The minimum atomic E-state index is -1.10. The van der Waals surface area contributed by atoms with Crippen LogP contribution in [-0.2, 0) is 43.7 Å². The number of likely N-dealkylation sites (tertiary alicyclic amines) is 3. The third kappa shape index (κ3) is 9.82. The molecular formula is C45H60N6O9. The van der Waals surface area contributed by atoms with Gasteiger partial charge in [-0.15, -0.1) is 0 Å². The van der Waals surface area contributed by atoms with Gasteiger partial charge in [0.15, 0.2) is 11.7 Å². The second-order valence-electron chi connectivity index (χ2n) is 17.0. The van der Waals surface area contributed by atoms with Gasteiger partial charge in [-0.2, -0.15) is 0 Å². The summed E-state index contributed by atoms with van der Waals surface area (Å²) in [6, 6.07) is 11.3. The lowest BCUT2D eigenvalue weighted by molar-refractivity contribution is -0.161. The molecule has 5 amide bonds. The average Bonchev–Trinajstić information content (AvgIpc) is 3.44. The van der Waals surface area contributed by atoms with E-state index in [1.807, 2.05) is 42.2 Å². The zero-order chi connectivity index (χ0) is 42.3. The number of nitrogens with zero attached hydrogens (tertiary/aromatic N) is 5. The molecule has 0 radical (unpaired) electrons. The van der Waals surface area contributed by atoms with E-state index in [9.17, 15) is 28.8 Å². The van der Waals surface area contributed by atoms with Crippen LogP contribution in [0, 0.1) is 18.8 Å². The van der Waals surface area contributed by atoms with Crippen LogP contribution in [0.4, 0.5) is 15.3 Å². The van der Waals surface area contributed by atoms with E-state index < -0.39 is 29.8 Å². The molecule has 5 heterocycles. The molecule has 0 bridgehead atoms. The molecule has 60 heavy (non-hydrogen) atoms. The molecule has 15 nitrogen and oxygen atoms in total. The van der Waals surface area contributed by atoms with E-state index in [1.54, 1.807) is 27.8 Å². The first kappa shape index (κ1) is 42.8. The van der Waals surface area contributed by atoms with E-state index in [4.69, 9.17) is 13.9 Å². The molecular weight excluding hydrogens is 769 g/mol. The van der Waals surface area contributed by atoms with Gasteiger partial charge < -0.3 is 38.8 Å². The van der Waals surface area contributed by atoms with Crippen molar-refractivity contribution in [2.75, 3.05) is 57.7 Å². The summed E-state index contributed by atoms with van der Waals surface area (Å²) >= 11 is 0. The Morgan fingerprint density at radius 2 is 1.50 bits per heavy atom. The Balaban J connectivity index is 0.951. The van der Waals surface area contributed by atoms with Crippen LogP contribution in [0.5, 0.6) is 0 Å². The average molecular weight is 829 g/mol. The van der Waals surface area contributed by atoms with Crippen molar-refractivity contribution in [3.8, 4) is 0 Å². The second kappa shape index (κ2) is 19.4. The summed E-state index contributed by atoms with van der Waals surface area (Å²) in [7, 11) is 1.65. The van der Waals surface area contributed by atoms with Crippen LogP contribution < -0.4 is 11.1 Å². The number of hydrogen-bond acceptors (Lipinski definition) is 9. The van der Waals surface area contributed by atoms with E-state index in [-0.39, 0.29) is 31.0 Å². The van der Waals surface area contributed by atoms with Crippen molar-refractivity contribution in [2.24, 2.45) is 18.9 Å². The lowest BCUT2D eigenvalue weighted by atomic mass is 9.78. The van der Waals surface area contributed by atoms with Gasteiger partial charge in [0.25, 0.3) is 5.91 Å². The van der Waals surface area contributed by atoms with Crippen LogP contribution in [0.15, 0.2) is 45.6 Å². The molecule has 1 aromatic heterocycles. The molecule has 0 spiro atoms. The number of nitrogens with one attached hydrogen (secondary N) is 1. The number of amides is 5. The van der Waals surface area contributed by atoms with Crippen LogP contribution in [0.1, 0.15) is 87.8 Å². The number of para-hydroxylation sites is 1. The van der Waals surface area contributed by atoms with Gasteiger partial charge >= 0.3 is 29.8 Å². The number of anilines is 1. The summed E-state index contributed by atoms with van der Waals surface area (Å²) in [6.45, 7) is 7.67. The Hall–Kier alpha value is -5.34. The summed E-state index contributed by atoms with van der Waals surface area (Å²) < 4.78 is 18.3. The molecule has 4 aliphatic heterocycles. The normalized spacial score (nSPS) is 18.8. The summed E-state index contributed by atoms with van der Waals surface area (Å²) in [5, 5.41) is 3.04. The largest absolute Gasteiger partial charge is 0.459 e. The second-order valence-corrected chi connectivity index (χ2v) is 17.0. The predicted octanol–water partition coefficient (Wildman–Crippen LogP) is 5.64. The molecule has 4 aliphatic rings. The van der Waals surface area contributed by atoms with Crippen molar-refractivity contribution in [3.63, 3.8) is 0 Å². The third-order valence-corrected chi connectivity index (χ3v) is 13.1. The maximum atomic E-state index is 14.4. The van der Waals surface area contributed by atoms with Crippen LogP contribution >= 0.6 is 0 Å². The number of piperidine rings is 3. The zero-order valence-corrected chi connectivity index (χ0v) is 35.3. The quantitative estimate of drug-likeness (QED) is 0.146. The maximum Gasteiger partial charge on any atom is 0.419 e. The number of fused-ring (bicyclic) bond motifs is 2. The highest BCUT2D eigenvalue weighted by Crippen LogP contribution is 2.33. The SMILES string of the molecule is CCCCCCOC(=O)C(=O)N1CCC(C2CCN(C(=O)[C@@H](Cc3cc(C)c4c(c3)oc(=O)n4C)OC(=O)N3CCC(N4CCc5ccccc5NC4=O)CC3)CC2)CC1. The van der Waals surface area contributed by atoms with Gasteiger partial charge in [-0.25, -0.2) is 19.2 Å². The van der Waals surface area contributed by atoms with E-state index in [2.05, 4.69) is 12.2 Å². The van der Waals surface area contributed by atoms with Crippen LogP contribution in [0.3, 0.4) is 0 Å².